The molecule has 12 nitrogen and oxygen atoms in total. The summed E-state index contributed by atoms with van der Waals surface area (Å²) < 4.78 is 31.0. The van der Waals surface area contributed by atoms with Crippen molar-refractivity contribution in [1.82, 2.24) is 30.5 Å². The second-order valence-electron chi connectivity index (χ2n) is 11.5. The van der Waals surface area contributed by atoms with Crippen molar-refractivity contribution in [3.05, 3.63) is 0 Å². The second-order valence-corrected chi connectivity index (χ2v) is 13.1. The monoisotopic (exact) mass is 567 g/mol. The third-order valence-electron chi connectivity index (χ3n) is 8.48. The van der Waals surface area contributed by atoms with Crippen molar-refractivity contribution < 1.29 is 13.0 Å². The van der Waals surface area contributed by atoms with Gasteiger partial charge in [0.05, 0.1) is 5.75 Å². The normalized spacial score (nSPS) is 23.7. The molecular formula is C26H49N9O3S. The first-order valence-electron chi connectivity index (χ1n) is 15.0. The van der Waals surface area contributed by atoms with Crippen molar-refractivity contribution in [2.45, 2.75) is 70.3 Å². The molecule has 2 aliphatic carbocycles. The van der Waals surface area contributed by atoms with Crippen LogP contribution in [0.1, 0.15) is 64.2 Å². The summed E-state index contributed by atoms with van der Waals surface area (Å²) in [5.41, 5.74) is 5.99. The number of piperazine rings is 1. The van der Waals surface area contributed by atoms with Crippen LogP contribution in [0.15, 0.2) is 0 Å². The van der Waals surface area contributed by atoms with E-state index >= 15 is 0 Å². The van der Waals surface area contributed by atoms with Crippen LogP contribution in [0.3, 0.4) is 0 Å². The van der Waals surface area contributed by atoms with Crippen LogP contribution in [0.2, 0.25) is 0 Å². The molecule has 0 atom stereocenters. The minimum Gasteiger partial charge on any atom is -0.368 e. The van der Waals surface area contributed by atoms with Gasteiger partial charge in [0.1, 0.15) is 0 Å². The molecule has 0 unspecified atom stereocenters. The lowest BCUT2D eigenvalue weighted by atomic mass is 9.82. The number of nitrogens with one attached hydrogen (secondary N) is 3. The lowest BCUT2D eigenvalue weighted by Crippen LogP contribution is -2.48. The van der Waals surface area contributed by atoms with Crippen LogP contribution in [0.25, 0.3) is 0 Å². The van der Waals surface area contributed by atoms with Gasteiger partial charge in [-0.15, -0.1) is 0 Å². The average Bonchev–Trinajstić information content (AvgIpc) is 2.93. The summed E-state index contributed by atoms with van der Waals surface area (Å²) in [5.74, 6) is 2.37. The molecule has 1 saturated heterocycles. The number of hydrogen-bond donors (Lipinski definition) is 5. The van der Waals surface area contributed by atoms with Crippen LogP contribution in [0.4, 0.5) is 17.8 Å². The Balaban J connectivity index is 1.09. The fraction of sp³-hybridized carbons (Fsp3) is 0.885. The van der Waals surface area contributed by atoms with E-state index < -0.39 is 10.1 Å². The summed E-state index contributed by atoms with van der Waals surface area (Å²) in [6.45, 7) is 7.15. The highest BCUT2D eigenvalue weighted by molar-refractivity contribution is 7.85. The molecule has 1 aromatic heterocycles. The maximum Gasteiger partial charge on any atom is 0.266 e. The van der Waals surface area contributed by atoms with Crippen LogP contribution < -0.4 is 26.6 Å². The van der Waals surface area contributed by atoms with Gasteiger partial charge in [-0.05, 0) is 76.4 Å². The maximum absolute atomic E-state index is 11.0. The standard InChI is InChI=1S/C26H49N9O3S/c27-24-31-25(33-26(32-24)35-15-13-34(14-16-35)17-18-39(36,37)38)30-20-22-9-7-21(8-10-22)19-28-11-4-12-29-23-5-2-1-3-6-23/h21-23,28-29H,1-20H2,(H,36,37,38)(H3,27,30,31,32,33). The van der Waals surface area contributed by atoms with Gasteiger partial charge in [0, 0.05) is 45.3 Å². The van der Waals surface area contributed by atoms with E-state index in [4.69, 9.17) is 10.3 Å². The molecule has 1 aromatic rings. The van der Waals surface area contributed by atoms with E-state index in [1.54, 1.807) is 0 Å². The topological polar surface area (TPSA) is 162 Å². The molecular weight excluding hydrogens is 518 g/mol. The fourth-order valence-electron chi connectivity index (χ4n) is 6.02. The van der Waals surface area contributed by atoms with E-state index in [0.29, 0.717) is 50.5 Å². The van der Waals surface area contributed by atoms with Crippen LogP contribution in [-0.4, -0.2) is 104 Å². The van der Waals surface area contributed by atoms with E-state index in [0.717, 1.165) is 38.1 Å². The first kappa shape index (κ1) is 30.2. The van der Waals surface area contributed by atoms with Crippen molar-refractivity contribution in [3.63, 3.8) is 0 Å². The maximum atomic E-state index is 11.0. The Kier molecular flexibility index (Phi) is 11.8. The van der Waals surface area contributed by atoms with E-state index in [1.165, 1.54) is 64.2 Å². The minimum atomic E-state index is -3.95. The molecule has 2 saturated carbocycles. The first-order valence-corrected chi connectivity index (χ1v) is 16.6. The molecule has 0 amide bonds. The zero-order valence-corrected chi connectivity index (χ0v) is 24.2. The summed E-state index contributed by atoms with van der Waals surface area (Å²) in [6.07, 6.45) is 13.0. The molecule has 6 N–H and O–H groups in total. The SMILES string of the molecule is Nc1nc(NCC2CCC(CNCCCNC3CCCCC3)CC2)nc(N2CCN(CCS(=O)(=O)O)CC2)n1. The van der Waals surface area contributed by atoms with E-state index in [2.05, 4.69) is 30.9 Å². The van der Waals surface area contributed by atoms with Crippen molar-refractivity contribution >= 4 is 28.0 Å². The smallest absolute Gasteiger partial charge is 0.266 e. The van der Waals surface area contributed by atoms with Gasteiger partial charge < -0.3 is 26.6 Å². The Morgan fingerprint density at radius 2 is 1.56 bits per heavy atom. The molecule has 2 heterocycles. The van der Waals surface area contributed by atoms with Crippen molar-refractivity contribution in [3.8, 4) is 0 Å². The molecule has 3 aliphatic rings. The second kappa shape index (κ2) is 15.3. The number of anilines is 3. The molecule has 0 bridgehead atoms. The number of nitrogens with zero attached hydrogens (tertiary/aromatic N) is 5. The van der Waals surface area contributed by atoms with Gasteiger partial charge in [0.2, 0.25) is 17.8 Å². The lowest BCUT2D eigenvalue weighted by molar-refractivity contribution is 0.268. The third kappa shape index (κ3) is 10.9. The molecule has 222 valence electrons. The third-order valence-corrected chi connectivity index (χ3v) is 9.18. The summed E-state index contributed by atoms with van der Waals surface area (Å²) in [5, 5.41) is 10.8. The quantitative estimate of drug-likeness (QED) is 0.163. The number of nitrogen functional groups attached to an aromatic ring is 1. The Labute approximate surface area is 234 Å². The minimum absolute atomic E-state index is 0.194. The predicted octanol–water partition coefficient (Wildman–Crippen LogP) is 1.58. The Hall–Kier alpha value is -1.80. The van der Waals surface area contributed by atoms with Crippen LogP contribution >= 0.6 is 0 Å². The van der Waals surface area contributed by atoms with E-state index in [-0.39, 0.29) is 11.7 Å². The van der Waals surface area contributed by atoms with Gasteiger partial charge in [-0.2, -0.15) is 23.4 Å². The number of hydrogen-bond acceptors (Lipinski definition) is 11. The van der Waals surface area contributed by atoms with E-state index in [9.17, 15) is 8.42 Å². The molecule has 1 aliphatic heterocycles. The molecule has 0 radical (unpaired) electrons. The molecule has 0 spiro atoms. The highest BCUT2D eigenvalue weighted by Gasteiger charge is 2.23. The lowest BCUT2D eigenvalue weighted by Gasteiger charge is -2.34. The summed E-state index contributed by atoms with van der Waals surface area (Å²) in [7, 11) is -3.95. The fourth-order valence-corrected chi connectivity index (χ4v) is 6.51. The highest BCUT2D eigenvalue weighted by atomic mass is 32.2. The van der Waals surface area contributed by atoms with Crippen molar-refractivity contribution in [2.75, 3.05) is 80.6 Å². The Morgan fingerprint density at radius 3 is 2.26 bits per heavy atom. The van der Waals surface area contributed by atoms with Crippen LogP contribution in [0.5, 0.6) is 0 Å². The summed E-state index contributed by atoms with van der Waals surface area (Å²) in [6, 6.07) is 0.756. The molecule has 39 heavy (non-hydrogen) atoms. The largest absolute Gasteiger partial charge is 0.368 e. The van der Waals surface area contributed by atoms with Crippen molar-refractivity contribution in [1.29, 1.82) is 0 Å². The van der Waals surface area contributed by atoms with Crippen molar-refractivity contribution in [2.24, 2.45) is 11.8 Å². The number of rotatable bonds is 14. The van der Waals surface area contributed by atoms with Gasteiger partial charge in [0.15, 0.2) is 0 Å². The zero-order valence-electron chi connectivity index (χ0n) is 23.4. The molecule has 4 rings (SSSR count). The molecule has 13 heteroatoms. The molecule has 0 aromatic carbocycles. The first-order chi connectivity index (χ1) is 18.8. The summed E-state index contributed by atoms with van der Waals surface area (Å²) in [4.78, 5) is 17.3. The average molecular weight is 568 g/mol. The van der Waals surface area contributed by atoms with Gasteiger partial charge in [-0.3, -0.25) is 9.45 Å². The number of nitrogens with two attached hydrogens (primary N) is 1. The van der Waals surface area contributed by atoms with Gasteiger partial charge in [-0.25, -0.2) is 0 Å². The number of aromatic nitrogens is 3. The predicted molar refractivity (Wildman–Crippen MR) is 156 cm³/mol. The van der Waals surface area contributed by atoms with Crippen LogP contribution in [-0.2, 0) is 10.1 Å². The van der Waals surface area contributed by atoms with Crippen LogP contribution in [0, 0.1) is 11.8 Å². The Bertz CT molecular complexity index is 961. The van der Waals surface area contributed by atoms with E-state index in [1.807, 2.05) is 9.80 Å². The highest BCUT2D eigenvalue weighted by Crippen LogP contribution is 2.28. The van der Waals surface area contributed by atoms with Gasteiger partial charge in [0.25, 0.3) is 10.1 Å². The molecule has 3 fully saturated rings. The van der Waals surface area contributed by atoms with Gasteiger partial charge >= 0.3 is 0 Å². The Morgan fingerprint density at radius 1 is 0.872 bits per heavy atom. The summed E-state index contributed by atoms with van der Waals surface area (Å²) >= 11 is 0. The van der Waals surface area contributed by atoms with Gasteiger partial charge in [-0.1, -0.05) is 19.3 Å². The zero-order chi connectivity index (χ0) is 27.5.